The highest BCUT2D eigenvalue weighted by Crippen LogP contribution is 2.43. The molecule has 1 aromatic carbocycles. The zero-order valence-electron chi connectivity index (χ0n) is 12.9. The van der Waals surface area contributed by atoms with Crippen LogP contribution in [0.1, 0.15) is 48.2 Å². The largest absolute Gasteiger partial charge is 0.460 e. The molecule has 0 saturated heterocycles. The normalized spacial score (nSPS) is 21.0. The Kier molecular flexibility index (Phi) is 2.87. The molecule has 0 saturated carbocycles. The van der Waals surface area contributed by atoms with Crippen molar-refractivity contribution in [1.82, 2.24) is 4.98 Å². The number of ketones is 1. The summed E-state index contributed by atoms with van der Waals surface area (Å²) >= 11 is 0. The van der Waals surface area contributed by atoms with E-state index in [4.69, 9.17) is 4.74 Å². The first-order chi connectivity index (χ1) is 10.8. The number of hydrogen-bond acceptors (Lipinski definition) is 4. The van der Waals surface area contributed by atoms with Crippen LogP contribution in [-0.2, 0) is 6.42 Å². The molecule has 0 unspecified atom stereocenters. The van der Waals surface area contributed by atoms with Crippen LogP contribution in [0.15, 0.2) is 24.3 Å². The number of halogens is 1. The minimum Gasteiger partial charge on any atom is -0.460 e. The molecule has 5 heteroatoms. The number of rotatable bonds is 0. The second-order valence-corrected chi connectivity index (χ2v) is 6.97. The molecule has 118 valence electrons. The van der Waals surface area contributed by atoms with E-state index in [-0.39, 0.29) is 11.2 Å². The number of hydrogen-bond donors (Lipinski definition) is 1. The van der Waals surface area contributed by atoms with Crippen LogP contribution in [0.5, 0.6) is 5.75 Å². The van der Waals surface area contributed by atoms with Crippen molar-refractivity contribution in [2.75, 3.05) is 0 Å². The highest BCUT2D eigenvalue weighted by atomic mass is 19.1. The van der Waals surface area contributed by atoms with E-state index in [9.17, 15) is 14.3 Å². The number of aromatic nitrogens is 1. The number of pyridine rings is 1. The lowest BCUT2D eigenvalue weighted by atomic mass is 9.75. The van der Waals surface area contributed by atoms with E-state index in [1.54, 1.807) is 6.07 Å². The highest BCUT2D eigenvalue weighted by molar-refractivity contribution is 5.99. The summed E-state index contributed by atoms with van der Waals surface area (Å²) in [7, 11) is 0. The first kappa shape index (κ1) is 14.3. The summed E-state index contributed by atoms with van der Waals surface area (Å²) in [4.78, 5) is 17.0. The number of carbonyl (C=O) groups is 1. The fourth-order valence-electron chi connectivity index (χ4n) is 3.37. The Morgan fingerprint density at radius 1 is 1.26 bits per heavy atom. The molecule has 1 N–H and O–H groups in total. The predicted octanol–water partition coefficient (Wildman–Crippen LogP) is 3.43. The van der Waals surface area contributed by atoms with Crippen molar-refractivity contribution in [3.8, 4) is 17.0 Å². The van der Waals surface area contributed by atoms with Crippen molar-refractivity contribution in [1.29, 1.82) is 0 Å². The molecule has 2 aliphatic rings. The van der Waals surface area contributed by atoms with Gasteiger partial charge < -0.3 is 9.84 Å². The van der Waals surface area contributed by atoms with Crippen molar-refractivity contribution in [3.63, 3.8) is 0 Å². The molecule has 0 radical (unpaired) electrons. The summed E-state index contributed by atoms with van der Waals surface area (Å²) in [5.74, 6) is 0.00894. The number of carbonyl (C=O) groups excluding carboxylic acids is 1. The maximum Gasteiger partial charge on any atom is 0.226 e. The Morgan fingerprint density at radius 2 is 2.04 bits per heavy atom. The molecule has 4 nitrogen and oxygen atoms in total. The van der Waals surface area contributed by atoms with Crippen molar-refractivity contribution < 1.29 is 19.0 Å². The van der Waals surface area contributed by atoms with E-state index in [0.29, 0.717) is 46.7 Å². The number of nitrogens with zero attached hydrogens (tertiary/aromatic N) is 1. The Labute approximate surface area is 132 Å². The summed E-state index contributed by atoms with van der Waals surface area (Å²) in [6, 6.07) is 5.75. The van der Waals surface area contributed by atoms with E-state index < -0.39 is 12.1 Å². The van der Waals surface area contributed by atoms with Crippen LogP contribution in [0.2, 0.25) is 0 Å². The summed E-state index contributed by atoms with van der Waals surface area (Å²) < 4.78 is 19.0. The van der Waals surface area contributed by atoms with Gasteiger partial charge in [-0.05, 0) is 36.1 Å². The van der Waals surface area contributed by atoms with Gasteiger partial charge in [0.15, 0.2) is 5.78 Å². The lowest BCUT2D eigenvalue weighted by molar-refractivity contribution is -0.0217. The maximum absolute atomic E-state index is 13.6. The van der Waals surface area contributed by atoms with Gasteiger partial charge in [-0.25, -0.2) is 4.39 Å². The van der Waals surface area contributed by atoms with Crippen molar-refractivity contribution in [2.45, 2.75) is 33.0 Å². The average Bonchev–Trinajstić information content (AvgIpc) is 2.46. The van der Waals surface area contributed by atoms with Crippen LogP contribution in [0, 0.1) is 11.2 Å². The van der Waals surface area contributed by atoms with Gasteiger partial charge in [-0.2, -0.15) is 0 Å². The predicted molar refractivity (Wildman–Crippen MR) is 81.7 cm³/mol. The minimum atomic E-state index is -1.21. The molecule has 0 bridgehead atoms. The molecule has 4 rings (SSSR count). The molecule has 23 heavy (non-hydrogen) atoms. The molecular weight excluding hydrogens is 297 g/mol. The second kappa shape index (κ2) is 4.61. The van der Waals surface area contributed by atoms with Gasteiger partial charge in [0, 0.05) is 23.1 Å². The molecule has 2 aromatic rings. The summed E-state index contributed by atoms with van der Waals surface area (Å²) in [6.45, 7) is 4.06. The topological polar surface area (TPSA) is 59.4 Å². The van der Waals surface area contributed by atoms with Crippen LogP contribution in [0.3, 0.4) is 0 Å². The lowest BCUT2D eigenvalue weighted by Crippen LogP contribution is -2.29. The quantitative estimate of drug-likeness (QED) is 0.809. The Morgan fingerprint density at radius 3 is 2.83 bits per heavy atom. The van der Waals surface area contributed by atoms with Gasteiger partial charge >= 0.3 is 0 Å². The summed E-state index contributed by atoms with van der Waals surface area (Å²) in [5, 5.41) is 10.2. The van der Waals surface area contributed by atoms with Gasteiger partial charge in [0.2, 0.25) is 6.29 Å². The van der Waals surface area contributed by atoms with E-state index in [1.165, 1.54) is 18.2 Å². The van der Waals surface area contributed by atoms with E-state index in [2.05, 4.69) is 4.98 Å². The number of aliphatic hydroxyl groups excluding tert-OH is 1. The first-order valence-corrected chi connectivity index (χ1v) is 7.56. The highest BCUT2D eigenvalue weighted by Gasteiger charge is 2.35. The molecule has 0 fully saturated rings. The first-order valence-electron chi connectivity index (χ1n) is 7.56. The Balaban J connectivity index is 1.96. The number of aliphatic hydroxyl groups is 1. The standard InChI is InChI=1S/C18H16FNO3/c1-18(2)7-13-10(14(21)8-18)6-12-16(20-13)11-5-9(19)3-4-15(11)23-17(12)22/h3-6,17,22H,7-8H2,1-2H3/t17-/m0/s1. The van der Waals surface area contributed by atoms with Gasteiger partial charge in [0.25, 0.3) is 0 Å². The van der Waals surface area contributed by atoms with Gasteiger partial charge in [0.05, 0.1) is 11.4 Å². The second-order valence-electron chi connectivity index (χ2n) is 6.97. The number of benzene rings is 1. The van der Waals surface area contributed by atoms with Crippen LogP contribution < -0.4 is 4.74 Å². The van der Waals surface area contributed by atoms with Gasteiger partial charge in [-0.1, -0.05) is 13.8 Å². The number of fused-ring (bicyclic) bond motifs is 4. The molecule has 0 amide bonds. The third kappa shape index (κ3) is 2.23. The van der Waals surface area contributed by atoms with Crippen LogP contribution in [0.4, 0.5) is 4.39 Å². The third-order valence-corrected chi connectivity index (χ3v) is 4.42. The molecule has 1 aromatic heterocycles. The fraction of sp³-hybridized carbons (Fsp3) is 0.333. The SMILES string of the molecule is CC1(C)CC(=O)c2cc3c(nc2C1)-c1cc(F)ccc1O[C@@H]3O. The molecule has 1 atom stereocenters. The average molecular weight is 313 g/mol. The molecular formula is C18H16FNO3. The van der Waals surface area contributed by atoms with Crippen molar-refractivity contribution in [2.24, 2.45) is 5.41 Å². The number of Topliss-reactive ketones (excluding diaryl/α,β-unsaturated/α-hetero) is 1. The van der Waals surface area contributed by atoms with Gasteiger partial charge in [-0.3, -0.25) is 9.78 Å². The maximum atomic E-state index is 13.6. The fourth-order valence-corrected chi connectivity index (χ4v) is 3.37. The zero-order valence-corrected chi connectivity index (χ0v) is 12.9. The molecule has 1 aliphatic heterocycles. The van der Waals surface area contributed by atoms with E-state index >= 15 is 0 Å². The lowest BCUT2D eigenvalue weighted by Gasteiger charge is -2.32. The monoisotopic (exact) mass is 313 g/mol. The smallest absolute Gasteiger partial charge is 0.226 e. The number of ether oxygens (including phenoxy) is 1. The summed E-state index contributed by atoms with van der Waals surface area (Å²) in [6.07, 6.45) is -0.0884. The summed E-state index contributed by atoms with van der Waals surface area (Å²) in [5.41, 5.74) is 2.49. The van der Waals surface area contributed by atoms with Crippen molar-refractivity contribution in [3.05, 3.63) is 46.9 Å². The third-order valence-electron chi connectivity index (χ3n) is 4.42. The van der Waals surface area contributed by atoms with Crippen molar-refractivity contribution >= 4 is 5.78 Å². The Hall–Kier alpha value is -2.27. The minimum absolute atomic E-state index is 0.0174. The molecule has 2 heterocycles. The molecule has 0 spiro atoms. The van der Waals surface area contributed by atoms with E-state index in [1.807, 2.05) is 13.8 Å². The van der Waals surface area contributed by atoms with E-state index in [0.717, 1.165) is 0 Å². The van der Waals surface area contributed by atoms with Crippen LogP contribution >= 0.6 is 0 Å². The van der Waals surface area contributed by atoms with Crippen LogP contribution in [0.25, 0.3) is 11.3 Å². The zero-order chi connectivity index (χ0) is 16.4. The Bertz CT molecular complexity index is 844. The van der Waals surface area contributed by atoms with Crippen LogP contribution in [-0.4, -0.2) is 15.9 Å². The van der Waals surface area contributed by atoms with Gasteiger partial charge in [0.1, 0.15) is 11.6 Å². The molecule has 1 aliphatic carbocycles. The van der Waals surface area contributed by atoms with Gasteiger partial charge in [-0.15, -0.1) is 0 Å².